The molecule has 1 aromatic carbocycles. The summed E-state index contributed by atoms with van der Waals surface area (Å²) in [6, 6.07) is 4.27. The summed E-state index contributed by atoms with van der Waals surface area (Å²) in [4.78, 5) is 31.8. The van der Waals surface area contributed by atoms with Gasteiger partial charge in [0.15, 0.2) is 0 Å². The molecule has 1 aliphatic carbocycles. The quantitative estimate of drug-likeness (QED) is 0.583. The second kappa shape index (κ2) is 10.5. The number of aromatic nitrogens is 2. The van der Waals surface area contributed by atoms with E-state index in [1.807, 2.05) is 11.5 Å². The number of rotatable bonds is 8. The summed E-state index contributed by atoms with van der Waals surface area (Å²) in [5.41, 5.74) is 0.827. The first-order valence-corrected chi connectivity index (χ1v) is 11.1. The summed E-state index contributed by atoms with van der Waals surface area (Å²) in [6.45, 7) is 3.00. The molecular weight excluding hydrogens is 435 g/mol. The third kappa shape index (κ3) is 6.01. The average Bonchev–Trinajstić information content (AvgIpc) is 3.15. The van der Waals surface area contributed by atoms with Crippen molar-refractivity contribution in [2.24, 2.45) is 5.92 Å². The summed E-state index contributed by atoms with van der Waals surface area (Å²) >= 11 is 0. The zero-order valence-corrected chi connectivity index (χ0v) is 19.2. The van der Waals surface area contributed by atoms with E-state index in [4.69, 9.17) is 4.74 Å². The molecule has 1 aliphatic rings. The Kier molecular flexibility index (Phi) is 7.94. The minimum atomic E-state index is -4.51. The molecule has 2 atom stereocenters. The molecule has 33 heavy (non-hydrogen) atoms. The van der Waals surface area contributed by atoms with Crippen molar-refractivity contribution in [2.45, 2.75) is 57.8 Å². The molecule has 180 valence electrons. The average molecular weight is 466 g/mol. The topological polar surface area (TPSA) is 64.4 Å². The highest BCUT2D eigenvalue weighted by molar-refractivity contribution is 5.94. The van der Waals surface area contributed by atoms with Crippen LogP contribution in [0.5, 0.6) is 0 Å². The number of methoxy groups -OCH3 is 1. The number of carbonyl (C=O) groups excluding carboxylic acids is 2. The van der Waals surface area contributed by atoms with Crippen LogP contribution in [0.1, 0.15) is 53.0 Å². The van der Waals surface area contributed by atoms with E-state index in [0.29, 0.717) is 19.6 Å². The number of hydrogen-bond acceptors (Lipinski definition) is 4. The Bertz CT molecular complexity index is 987. The van der Waals surface area contributed by atoms with Crippen molar-refractivity contribution in [3.05, 3.63) is 53.1 Å². The lowest BCUT2D eigenvalue weighted by Gasteiger charge is -2.35. The van der Waals surface area contributed by atoms with E-state index in [-0.39, 0.29) is 29.7 Å². The summed E-state index contributed by atoms with van der Waals surface area (Å²) < 4.78 is 46.2. The third-order valence-corrected chi connectivity index (χ3v) is 6.44. The van der Waals surface area contributed by atoms with E-state index in [0.717, 1.165) is 42.8 Å². The van der Waals surface area contributed by atoms with E-state index < -0.39 is 17.6 Å². The van der Waals surface area contributed by atoms with Gasteiger partial charge in [-0.2, -0.15) is 13.2 Å². The molecule has 0 saturated heterocycles. The molecule has 9 heteroatoms. The van der Waals surface area contributed by atoms with Crippen LogP contribution in [0.2, 0.25) is 0 Å². The SMILES string of the molecule is COCCn1cnc(C)c1CC(=O)[C@@H]1CCC[C@H](N(C)C(=O)c2cccc(C(F)(F)F)c2)C1. The molecule has 0 unspecified atom stereocenters. The van der Waals surface area contributed by atoms with Gasteiger partial charge < -0.3 is 14.2 Å². The maximum atomic E-state index is 13.1. The number of aryl methyl sites for hydroxylation is 1. The highest BCUT2D eigenvalue weighted by atomic mass is 19.4. The summed E-state index contributed by atoms with van der Waals surface area (Å²) in [5.74, 6) is -0.569. The number of benzene rings is 1. The zero-order chi connectivity index (χ0) is 24.2. The first-order chi connectivity index (χ1) is 15.6. The Balaban J connectivity index is 1.67. The van der Waals surface area contributed by atoms with E-state index >= 15 is 0 Å². The predicted octanol–water partition coefficient (Wildman–Crippen LogP) is 4.30. The van der Waals surface area contributed by atoms with Gasteiger partial charge in [-0.3, -0.25) is 9.59 Å². The molecule has 0 bridgehead atoms. The maximum absolute atomic E-state index is 13.1. The second-order valence-electron chi connectivity index (χ2n) is 8.62. The number of Topliss-reactive ketones (excluding diaryl/α,β-unsaturated/α-hetero) is 1. The van der Waals surface area contributed by atoms with Crippen LogP contribution in [0.25, 0.3) is 0 Å². The fourth-order valence-electron chi connectivity index (χ4n) is 4.44. The smallest absolute Gasteiger partial charge is 0.383 e. The first-order valence-electron chi connectivity index (χ1n) is 11.1. The lowest BCUT2D eigenvalue weighted by Crippen LogP contribution is -2.41. The van der Waals surface area contributed by atoms with Gasteiger partial charge in [0.05, 0.1) is 24.2 Å². The van der Waals surface area contributed by atoms with Crippen molar-refractivity contribution in [1.29, 1.82) is 0 Å². The largest absolute Gasteiger partial charge is 0.416 e. The molecule has 2 aromatic rings. The van der Waals surface area contributed by atoms with Crippen molar-refractivity contribution >= 4 is 11.7 Å². The van der Waals surface area contributed by atoms with Crippen LogP contribution in [-0.4, -0.2) is 52.9 Å². The molecule has 0 N–H and O–H groups in total. The number of alkyl halides is 3. The van der Waals surface area contributed by atoms with Gasteiger partial charge >= 0.3 is 6.18 Å². The zero-order valence-electron chi connectivity index (χ0n) is 19.2. The fourth-order valence-corrected chi connectivity index (χ4v) is 4.44. The number of ketones is 1. The lowest BCUT2D eigenvalue weighted by molar-refractivity contribution is -0.137. The van der Waals surface area contributed by atoms with Gasteiger partial charge in [0, 0.05) is 50.3 Å². The van der Waals surface area contributed by atoms with Crippen LogP contribution in [0, 0.1) is 12.8 Å². The van der Waals surface area contributed by atoms with Gasteiger partial charge in [0.2, 0.25) is 0 Å². The molecule has 6 nitrogen and oxygen atoms in total. The Morgan fingerprint density at radius 1 is 1.27 bits per heavy atom. The molecule has 1 aromatic heterocycles. The number of nitrogens with zero attached hydrogens (tertiary/aromatic N) is 3. The van der Waals surface area contributed by atoms with Crippen LogP contribution in [0.3, 0.4) is 0 Å². The van der Waals surface area contributed by atoms with Crippen molar-refractivity contribution in [2.75, 3.05) is 20.8 Å². The third-order valence-electron chi connectivity index (χ3n) is 6.44. The van der Waals surface area contributed by atoms with Gasteiger partial charge in [-0.1, -0.05) is 12.5 Å². The Hall–Kier alpha value is -2.68. The Morgan fingerprint density at radius 2 is 2.03 bits per heavy atom. The summed E-state index contributed by atoms with van der Waals surface area (Å²) in [6.07, 6.45) is 0.210. The lowest BCUT2D eigenvalue weighted by atomic mass is 9.81. The molecule has 3 rings (SSSR count). The monoisotopic (exact) mass is 465 g/mol. The molecule has 1 amide bonds. The van der Waals surface area contributed by atoms with Crippen LogP contribution in [-0.2, 0) is 28.7 Å². The summed E-state index contributed by atoms with van der Waals surface area (Å²) in [5, 5.41) is 0. The number of ether oxygens (including phenoxy) is 1. The van der Waals surface area contributed by atoms with Gasteiger partial charge in [0.25, 0.3) is 5.91 Å². The predicted molar refractivity (Wildman–Crippen MR) is 117 cm³/mol. The van der Waals surface area contributed by atoms with Gasteiger partial charge in [-0.15, -0.1) is 0 Å². The first kappa shape index (κ1) is 25.0. The molecule has 0 spiro atoms. The molecular formula is C24H30F3N3O3. The molecule has 0 aliphatic heterocycles. The van der Waals surface area contributed by atoms with Gasteiger partial charge in [-0.05, 0) is 44.4 Å². The van der Waals surface area contributed by atoms with E-state index in [1.165, 1.54) is 17.0 Å². The van der Waals surface area contributed by atoms with Crippen molar-refractivity contribution < 1.29 is 27.5 Å². The number of amides is 1. The minimum Gasteiger partial charge on any atom is -0.383 e. The van der Waals surface area contributed by atoms with E-state index in [9.17, 15) is 22.8 Å². The van der Waals surface area contributed by atoms with E-state index in [2.05, 4.69) is 4.98 Å². The van der Waals surface area contributed by atoms with Gasteiger partial charge in [0.1, 0.15) is 5.78 Å². The van der Waals surface area contributed by atoms with Gasteiger partial charge in [-0.25, -0.2) is 4.98 Å². The number of hydrogen-bond donors (Lipinski definition) is 0. The van der Waals surface area contributed by atoms with Crippen LogP contribution in [0.4, 0.5) is 13.2 Å². The standard InChI is InChI=1S/C24H30F3N3O3/c1-16-21(30(15-28-16)10-11-33-3)14-22(31)17-6-5-9-20(13-17)29(2)23(32)18-7-4-8-19(12-18)24(25,26)27/h4,7-8,12,15,17,20H,5-6,9-11,13-14H2,1-3H3/t17-,20+/m1/s1. The molecule has 1 heterocycles. The Labute approximate surface area is 191 Å². The normalized spacial score (nSPS) is 18.8. The summed E-state index contributed by atoms with van der Waals surface area (Å²) in [7, 11) is 3.22. The maximum Gasteiger partial charge on any atom is 0.416 e. The van der Waals surface area contributed by atoms with E-state index in [1.54, 1.807) is 20.5 Å². The van der Waals surface area contributed by atoms with Crippen molar-refractivity contribution in [3.8, 4) is 0 Å². The number of carbonyl (C=O) groups is 2. The molecule has 0 radical (unpaired) electrons. The van der Waals surface area contributed by atoms with Crippen LogP contribution >= 0.6 is 0 Å². The minimum absolute atomic E-state index is 0.00144. The fraction of sp³-hybridized carbons (Fsp3) is 0.542. The highest BCUT2D eigenvalue weighted by Gasteiger charge is 2.34. The van der Waals surface area contributed by atoms with Crippen molar-refractivity contribution in [1.82, 2.24) is 14.5 Å². The molecule has 1 saturated carbocycles. The number of imidazole rings is 1. The highest BCUT2D eigenvalue weighted by Crippen LogP contribution is 2.32. The van der Waals surface area contributed by atoms with Crippen molar-refractivity contribution in [3.63, 3.8) is 0 Å². The van der Waals surface area contributed by atoms with Crippen LogP contribution in [0.15, 0.2) is 30.6 Å². The molecule has 1 fully saturated rings. The second-order valence-corrected chi connectivity index (χ2v) is 8.62. The Morgan fingerprint density at radius 3 is 2.73 bits per heavy atom. The van der Waals surface area contributed by atoms with Crippen LogP contribution < -0.4 is 0 Å². The number of halogens is 3.